The molecular formula is C18H12OS. The van der Waals surface area contributed by atoms with Crippen LogP contribution in [0.4, 0.5) is 0 Å². The molecule has 3 aromatic rings. The van der Waals surface area contributed by atoms with Crippen LogP contribution in [-0.2, 0) is 11.2 Å². The highest BCUT2D eigenvalue weighted by molar-refractivity contribution is 7.98. The predicted octanol–water partition coefficient (Wildman–Crippen LogP) is 4.39. The number of thiol groups is 1. The summed E-state index contributed by atoms with van der Waals surface area (Å²) in [7, 11) is 0. The van der Waals surface area contributed by atoms with Gasteiger partial charge in [0.05, 0.1) is 0 Å². The molecule has 3 aromatic carbocycles. The second-order valence-corrected chi connectivity index (χ2v) is 5.51. The smallest absolute Gasteiger partial charge is 0.216 e. The van der Waals surface area contributed by atoms with Crippen molar-refractivity contribution in [3.05, 3.63) is 65.7 Å². The molecule has 0 saturated carbocycles. The van der Waals surface area contributed by atoms with E-state index in [4.69, 9.17) is 0 Å². The highest BCUT2D eigenvalue weighted by atomic mass is 32.1. The van der Waals surface area contributed by atoms with Gasteiger partial charge in [-0.25, -0.2) is 0 Å². The van der Waals surface area contributed by atoms with Gasteiger partial charge in [0, 0.05) is 5.57 Å². The van der Waals surface area contributed by atoms with Crippen molar-refractivity contribution < 1.29 is 4.79 Å². The van der Waals surface area contributed by atoms with Gasteiger partial charge in [0.2, 0.25) is 5.12 Å². The molecule has 2 heteroatoms. The summed E-state index contributed by atoms with van der Waals surface area (Å²) in [6.45, 7) is 0. The van der Waals surface area contributed by atoms with Crippen molar-refractivity contribution in [1.82, 2.24) is 0 Å². The molecule has 96 valence electrons. The zero-order valence-corrected chi connectivity index (χ0v) is 11.7. The fraction of sp³-hybridized carbons (Fsp3) is 0.0556. The van der Waals surface area contributed by atoms with Crippen molar-refractivity contribution in [1.29, 1.82) is 0 Å². The zero-order valence-electron chi connectivity index (χ0n) is 10.8. The molecule has 4 rings (SSSR count). The Morgan fingerprint density at radius 1 is 0.900 bits per heavy atom. The third-order valence-electron chi connectivity index (χ3n) is 4.07. The van der Waals surface area contributed by atoms with Crippen LogP contribution in [0.25, 0.3) is 27.1 Å². The highest BCUT2D eigenvalue weighted by Crippen LogP contribution is 2.36. The Morgan fingerprint density at radius 3 is 2.55 bits per heavy atom. The van der Waals surface area contributed by atoms with Gasteiger partial charge in [-0.2, -0.15) is 0 Å². The van der Waals surface area contributed by atoms with E-state index in [1.54, 1.807) is 0 Å². The van der Waals surface area contributed by atoms with E-state index in [0.29, 0.717) is 0 Å². The maximum absolute atomic E-state index is 11.6. The minimum Gasteiger partial charge on any atom is -0.282 e. The van der Waals surface area contributed by atoms with Gasteiger partial charge in [0.25, 0.3) is 0 Å². The Hall–Kier alpha value is -2.06. The molecule has 0 amide bonds. The lowest BCUT2D eigenvalue weighted by atomic mass is 9.95. The van der Waals surface area contributed by atoms with Crippen LogP contribution in [0, 0.1) is 0 Å². The Morgan fingerprint density at radius 2 is 1.70 bits per heavy atom. The van der Waals surface area contributed by atoms with Crippen molar-refractivity contribution in [3.8, 4) is 0 Å². The van der Waals surface area contributed by atoms with Gasteiger partial charge in [-0.05, 0) is 39.1 Å². The quantitative estimate of drug-likeness (QED) is 0.515. The number of benzene rings is 3. The summed E-state index contributed by atoms with van der Waals surface area (Å²) in [6, 6.07) is 16.9. The van der Waals surface area contributed by atoms with E-state index in [0.717, 1.165) is 17.6 Å². The van der Waals surface area contributed by atoms with E-state index in [1.165, 1.54) is 27.1 Å². The average Bonchev–Trinajstić information content (AvgIpc) is 2.91. The Bertz CT molecular complexity index is 906. The third-order valence-corrected chi connectivity index (χ3v) is 4.31. The van der Waals surface area contributed by atoms with Gasteiger partial charge in [0.1, 0.15) is 0 Å². The van der Waals surface area contributed by atoms with Crippen LogP contribution in [0.3, 0.4) is 0 Å². The largest absolute Gasteiger partial charge is 0.282 e. The molecule has 20 heavy (non-hydrogen) atoms. The fourth-order valence-electron chi connectivity index (χ4n) is 3.14. The second-order valence-electron chi connectivity index (χ2n) is 5.10. The van der Waals surface area contributed by atoms with Crippen LogP contribution in [0.2, 0.25) is 0 Å². The van der Waals surface area contributed by atoms with E-state index in [2.05, 4.69) is 61.2 Å². The summed E-state index contributed by atoms with van der Waals surface area (Å²) < 4.78 is 0. The topological polar surface area (TPSA) is 17.1 Å². The zero-order chi connectivity index (χ0) is 13.7. The molecule has 0 aromatic heterocycles. The highest BCUT2D eigenvalue weighted by Gasteiger charge is 2.20. The number of fused-ring (bicyclic) bond motifs is 5. The minimum atomic E-state index is -0.149. The maximum atomic E-state index is 11.6. The van der Waals surface area contributed by atoms with Gasteiger partial charge >= 0.3 is 0 Å². The summed E-state index contributed by atoms with van der Waals surface area (Å²) in [5.41, 5.74) is 3.01. The van der Waals surface area contributed by atoms with Crippen LogP contribution in [0.15, 0.2) is 54.6 Å². The van der Waals surface area contributed by atoms with E-state index in [9.17, 15) is 4.79 Å². The lowest BCUT2D eigenvalue weighted by Gasteiger charge is -2.09. The summed E-state index contributed by atoms with van der Waals surface area (Å²) in [4.78, 5) is 11.6. The predicted molar refractivity (Wildman–Crippen MR) is 87.1 cm³/mol. The number of carbonyl (C=O) groups excluding carboxylic acids is 1. The SMILES string of the molecule is O=C(S)C1=CCc2c1ccc1c2ccc2ccccc21. The van der Waals surface area contributed by atoms with E-state index in [-0.39, 0.29) is 5.12 Å². The lowest BCUT2D eigenvalue weighted by molar-refractivity contribution is -0.106. The summed E-state index contributed by atoms with van der Waals surface area (Å²) >= 11 is 3.96. The van der Waals surface area contributed by atoms with Gasteiger partial charge in [-0.1, -0.05) is 54.6 Å². The van der Waals surface area contributed by atoms with E-state index < -0.39 is 0 Å². The molecule has 0 fully saturated rings. The molecule has 0 bridgehead atoms. The van der Waals surface area contributed by atoms with Crippen molar-refractivity contribution in [3.63, 3.8) is 0 Å². The maximum Gasteiger partial charge on any atom is 0.216 e. The van der Waals surface area contributed by atoms with Crippen molar-refractivity contribution in [2.45, 2.75) is 6.42 Å². The molecule has 0 unspecified atom stereocenters. The third kappa shape index (κ3) is 1.55. The molecule has 0 N–H and O–H groups in total. The minimum absolute atomic E-state index is 0.149. The van der Waals surface area contributed by atoms with Crippen molar-refractivity contribution in [2.75, 3.05) is 0 Å². The van der Waals surface area contributed by atoms with Gasteiger partial charge in [-0.3, -0.25) is 4.79 Å². The second kappa shape index (κ2) is 4.22. The summed E-state index contributed by atoms with van der Waals surface area (Å²) in [5, 5.41) is 4.85. The van der Waals surface area contributed by atoms with Crippen LogP contribution < -0.4 is 0 Å². The Kier molecular flexibility index (Phi) is 2.48. The van der Waals surface area contributed by atoms with E-state index >= 15 is 0 Å². The average molecular weight is 276 g/mol. The normalized spacial score (nSPS) is 13.6. The van der Waals surface area contributed by atoms with Crippen molar-refractivity contribution in [2.24, 2.45) is 0 Å². The summed E-state index contributed by atoms with van der Waals surface area (Å²) in [6.07, 6.45) is 2.79. The standard InChI is InChI=1S/C18H12OS/c19-18(20)17-10-9-15-14-6-5-11-3-1-2-4-12(11)13(14)7-8-16(15)17/h1-8,10H,9H2,(H,19,20). The Balaban J connectivity index is 2.08. The molecule has 0 atom stereocenters. The van der Waals surface area contributed by atoms with Gasteiger partial charge in [0.15, 0.2) is 0 Å². The van der Waals surface area contributed by atoms with Crippen molar-refractivity contribution >= 4 is 44.9 Å². The number of carbonyl (C=O) groups is 1. The first-order chi connectivity index (χ1) is 9.75. The number of hydrogen-bond acceptors (Lipinski definition) is 1. The molecule has 0 aliphatic heterocycles. The number of hydrogen-bond donors (Lipinski definition) is 1. The monoisotopic (exact) mass is 276 g/mol. The Labute approximate surface area is 122 Å². The first-order valence-electron chi connectivity index (χ1n) is 6.63. The lowest BCUT2D eigenvalue weighted by Crippen LogP contribution is -1.92. The van der Waals surface area contributed by atoms with Gasteiger partial charge < -0.3 is 0 Å². The van der Waals surface area contributed by atoms with Crippen LogP contribution in [0.5, 0.6) is 0 Å². The first kappa shape index (κ1) is 11.7. The summed E-state index contributed by atoms with van der Waals surface area (Å²) in [5.74, 6) is 0. The molecule has 1 nitrogen and oxygen atoms in total. The van der Waals surface area contributed by atoms with Crippen LogP contribution >= 0.6 is 12.6 Å². The molecule has 1 aliphatic carbocycles. The fourth-order valence-corrected chi connectivity index (χ4v) is 3.35. The molecule has 0 heterocycles. The number of allylic oxidation sites excluding steroid dienone is 1. The molecular weight excluding hydrogens is 264 g/mol. The molecule has 0 radical (unpaired) electrons. The molecule has 0 saturated heterocycles. The first-order valence-corrected chi connectivity index (χ1v) is 7.07. The van der Waals surface area contributed by atoms with Crippen LogP contribution in [0.1, 0.15) is 11.1 Å². The van der Waals surface area contributed by atoms with Crippen LogP contribution in [-0.4, -0.2) is 5.12 Å². The molecule has 0 spiro atoms. The van der Waals surface area contributed by atoms with E-state index in [1.807, 2.05) is 6.08 Å². The number of rotatable bonds is 1. The molecule has 1 aliphatic rings. The van der Waals surface area contributed by atoms with Gasteiger partial charge in [-0.15, -0.1) is 12.6 Å².